The van der Waals surface area contributed by atoms with E-state index in [4.69, 9.17) is 32.7 Å². The Labute approximate surface area is 217 Å². The molecule has 0 heterocycles. The largest absolute Gasteiger partial charge is 0.493 e. The van der Waals surface area contributed by atoms with Crippen molar-refractivity contribution in [3.05, 3.63) is 81.8 Å². The molecule has 0 aliphatic carbocycles. The topological polar surface area (TPSA) is 118 Å². The third kappa shape index (κ3) is 7.21. The zero-order valence-corrected chi connectivity index (χ0v) is 20.8. The molecule has 0 bridgehead atoms. The van der Waals surface area contributed by atoms with Crippen LogP contribution in [-0.4, -0.2) is 37.7 Å². The highest BCUT2D eigenvalue weighted by molar-refractivity contribution is 6.41. The number of anilines is 2. The summed E-state index contributed by atoms with van der Waals surface area (Å²) in [6.07, 6.45) is 1.32. The van der Waals surface area contributed by atoms with Gasteiger partial charge < -0.3 is 20.1 Å². The average Bonchev–Trinajstić information content (AvgIpc) is 2.87. The average molecular weight is 529 g/mol. The maximum Gasteiger partial charge on any atom is 0.329 e. The maximum atomic E-state index is 12.3. The van der Waals surface area contributed by atoms with Crippen molar-refractivity contribution in [1.29, 1.82) is 0 Å². The van der Waals surface area contributed by atoms with E-state index >= 15 is 0 Å². The smallest absolute Gasteiger partial charge is 0.329 e. The van der Waals surface area contributed by atoms with Gasteiger partial charge in [-0.1, -0.05) is 41.4 Å². The summed E-state index contributed by atoms with van der Waals surface area (Å²) in [6.45, 7) is 1.54. The fourth-order valence-corrected chi connectivity index (χ4v) is 3.27. The second-order valence-corrected chi connectivity index (χ2v) is 8.11. The molecular formula is C25H22Cl2N4O5. The van der Waals surface area contributed by atoms with Gasteiger partial charge in [-0.05, 0) is 60.5 Å². The summed E-state index contributed by atoms with van der Waals surface area (Å²) in [5.41, 5.74) is 4.33. The number of hydrogen-bond donors (Lipinski definition) is 3. The van der Waals surface area contributed by atoms with Crippen LogP contribution in [0.1, 0.15) is 11.1 Å². The second kappa shape index (κ2) is 12.6. The summed E-state index contributed by atoms with van der Waals surface area (Å²) in [7, 11) is 1.44. The van der Waals surface area contributed by atoms with E-state index in [0.29, 0.717) is 38.5 Å². The number of carbonyl (C=O) groups is 3. The molecular weight excluding hydrogens is 507 g/mol. The Bertz CT molecular complexity index is 1310. The third-order valence-corrected chi connectivity index (χ3v) is 5.54. The number of nitrogens with one attached hydrogen (secondary N) is 3. The SMILES string of the molecule is COc1cc(/C=N/NC(=O)C(=O)Nc2ccccc2Cl)ccc1OCC(=O)Nc1cccc(Cl)c1C. The van der Waals surface area contributed by atoms with E-state index in [1.807, 2.05) is 0 Å². The number of para-hydroxylation sites is 1. The minimum Gasteiger partial charge on any atom is -0.493 e. The molecule has 11 heteroatoms. The van der Waals surface area contributed by atoms with Crippen LogP contribution in [0, 0.1) is 6.92 Å². The predicted octanol–water partition coefficient (Wildman–Crippen LogP) is 4.42. The standard InChI is InChI=1S/C25H22Cl2N4O5/c1-15-17(26)7-5-9-19(15)29-23(32)14-36-21-11-10-16(12-22(21)35-2)13-28-31-25(34)24(33)30-20-8-4-3-6-18(20)27/h3-13H,14H2,1-2H3,(H,29,32)(H,30,33)(H,31,34)/b28-13+. The van der Waals surface area contributed by atoms with Crippen LogP contribution in [0.3, 0.4) is 0 Å². The molecule has 3 N–H and O–H groups in total. The molecule has 3 amide bonds. The molecule has 0 spiro atoms. The molecule has 0 aliphatic rings. The lowest BCUT2D eigenvalue weighted by Gasteiger charge is -2.12. The Kier molecular flexibility index (Phi) is 9.26. The van der Waals surface area contributed by atoms with Crippen LogP contribution in [0.15, 0.2) is 65.8 Å². The number of hydrogen-bond acceptors (Lipinski definition) is 6. The number of methoxy groups -OCH3 is 1. The van der Waals surface area contributed by atoms with Gasteiger partial charge in [0.25, 0.3) is 5.91 Å². The van der Waals surface area contributed by atoms with Gasteiger partial charge in [0, 0.05) is 10.7 Å². The van der Waals surface area contributed by atoms with Crippen molar-refractivity contribution < 1.29 is 23.9 Å². The van der Waals surface area contributed by atoms with Crippen molar-refractivity contribution in [3.63, 3.8) is 0 Å². The number of benzene rings is 3. The first-order valence-electron chi connectivity index (χ1n) is 10.5. The highest BCUT2D eigenvalue weighted by Crippen LogP contribution is 2.28. The number of carbonyl (C=O) groups excluding carboxylic acids is 3. The number of hydrazone groups is 1. The van der Waals surface area contributed by atoms with Crippen LogP contribution in [0.25, 0.3) is 0 Å². The lowest BCUT2D eigenvalue weighted by molar-refractivity contribution is -0.136. The molecule has 0 unspecified atom stereocenters. The van der Waals surface area contributed by atoms with E-state index in [0.717, 1.165) is 5.56 Å². The first kappa shape index (κ1) is 26.5. The zero-order valence-electron chi connectivity index (χ0n) is 19.3. The predicted molar refractivity (Wildman–Crippen MR) is 139 cm³/mol. The van der Waals surface area contributed by atoms with E-state index in [1.54, 1.807) is 67.6 Å². The van der Waals surface area contributed by atoms with E-state index in [1.165, 1.54) is 13.3 Å². The van der Waals surface area contributed by atoms with Gasteiger partial charge >= 0.3 is 11.8 Å². The van der Waals surface area contributed by atoms with Crippen LogP contribution in [0.5, 0.6) is 11.5 Å². The van der Waals surface area contributed by atoms with Gasteiger partial charge in [0.05, 0.1) is 24.0 Å². The molecule has 0 atom stereocenters. The van der Waals surface area contributed by atoms with Crippen molar-refractivity contribution >= 4 is 58.5 Å². The van der Waals surface area contributed by atoms with E-state index in [9.17, 15) is 14.4 Å². The fourth-order valence-electron chi connectivity index (χ4n) is 2.91. The van der Waals surface area contributed by atoms with E-state index in [2.05, 4.69) is 21.2 Å². The number of amides is 3. The summed E-state index contributed by atoms with van der Waals surface area (Å²) in [5, 5.41) is 9.77. The first-order valence-corrected chi connectivity index (χ1v) is 11.3. The lowest BCUT2D eigenvalue weighted by atomic mass is 10.2. The molecule has 0 aliphatic heterocycles. The summed E-state index contributed by atoms with van der Waals surface area (Å²) >= 11 is 12.0. The fraction of sp³-hybridized carbons (Fsp3) is 0.120. The number of halogens is 2. The third-order valence-electron chi connectivity index (χ3n) is 4.80. The molecule has 3 aromatic rings. The van der Waals surface area contributed by atoms with Crippen molar-refractivity contribution in [3.8, 4) is 11.5 Å². The molecule has 0 aromatic heterocycles. The maximum absolute atomic E-state index is 12.3. The van der Waals surface area contributed by atoms with Crippen molar-refractivity contribution in [2.75, 3.05) is 24.4 Å². The minimum absolute atomic E-state index is 0.258. The minimum atomic E-state index is -0.973. The Hall–Kier alpha value is -4.08. The molecule has 0 radical (unpaired) electrons. The monoisotopic (exact) mass is 528 g/mol. The molecule has 0 saturated carbocycles. The van der Waals surface area contributed by atoms with Gasteiger partial charge in [-0.2, -0.15) is 5.10 Å². The zero-order chi connectivity index (χ0) is 26.1. The van der Waals surface area contributed by atoms with Crippen LogP contribution < -0.4 is 25.5 Å². The van der Waals surface area contributed by atoms with Crippen molar-refractivity contribution in [2.45, 2.75) is 6.92 Å². The molecule has 9 nitrogen and oxygen atoms in total. The Balaban J connectivity index is 1.54. The summed E-state index contributed by atoms with van der Waals surface area (Å²) in [6, 6.07) is 16.5. The van der Waals surface area contributed by atoms with Gasteiger partial charge in [-0.15, -0.1) is 0 Å². The van der Waals surface area contributed by atoms with Gasteiger partial charge in [0.1, 0.15) is 0 Å². The highest BCUT2D eigenvalue weighted by Gasteiger charge is 2.14. The quantitative estimate of drug-likeness (QED) is 0.227. The first-order chi connectivity index (χ1) is 17.3. The highest BCUT2D eigenvalue weighted by atomic mass is 35.5. The lowest BCUT2D eigenvalue weighted by Crippen LogP contribution is -2.32. The number of nitrogens with zero attached hydrogens (tertiary/aromatic N) is 1. The molecule has 0 saturated heterocycles. The van der Waals surface area contributed by atoms with Crippen LogP contribution >= 0.6 is 23.2 Å². The van der Waals surface area contributed by atoms with Crippen molar-refractivity contribution in [2.24, 2.45) is 5.10 Å². The Morgan fingerprint density at radius 2 is 1.61 bits per heavy atom. The van der Waals surface area contributed by atoms with Crippen LogP contribution in [-0.2, 0) is 14.4 Å². The Morgan fingerprint density at radius 3 is 2.36 bits per heavy atom. The molecule has 0 fully saturated rings. The summed E-state index contributed by atoms with van der Waals surface area (Å²) in [5.74, 6) is -1.60. The molecule has 3 rings (SSSR count). The van der Waals surface area contributed by atoms with E-state index in [-0.39, 0.29) is 12.5 Å². The van der Waals surface area contributed by atoms with Gasteiger partial charge in [-0.25, -0.2) is 5.43 Å². The second-order valence-electron chi connectivity index (χ2n) is 7.29. The van der Waals surface area contributed by atoms with E-state index < -0.39 is 11.8 Å². The molecule has 186 valence electrons. The summed E-state index contributed by atoms with van der Waals surface area (Å²) < 4.78 is 10.9. The number of rotatable bonds is 8. The van der Waals surface area contributed by atoms with Gasteiger partial charge in [0.15, 0.2) is 18.1 Å². The van der Waals surface area contributed by atoms with Crippen LogP contribution in [0.4, 0.5) is 11.4 Å². The molecule has 36 heavy (non-hydrogen) atoms. The number of ether oxygens (including phenoxy) is 2. The van der Waals surface area contributed by atoms with Gasteiger partial charge in [0.2, 0.25) is 0 Å². The normalized spacial score (nSPS) is 10.6. The van der Waals surface area contributed by atoms with Gasteiger partial charge in [-0.3, -0.25) is 14.4 Å². The molecule has 3 aromatic carbocycles. The summed E-state index contributed by atoms with van der Waals surface area (Å²) in [4.78, 5) is 36.3. The Morgan fingerprint density at radius 1 is 0.889 bits per heavy atom. The van der Waals surface area contributed by atoms with Crippen LogP contribution in [0.2, 0.25) is 10.0 Å². The van der Waals surface area contributed by atoms with Crippen molar-refractivity contribution in [1.82, 2.24) is 5.43 Å².